The Balaban J connectivity index is 1.71. The first-order chi connectivity index (χ1) is 12.1. The minimum absolute atomic E-state index is 0.0695. The Morgan fingerprint density at radius 2 is 1.84 bits per heavy atom. The summed E-state index contributed by atoms with van der Waals surface area (Å²) in [6.07, 6.45) is 2.44. The fourth-order valence-corrected chi connectivity index (χ4v) is 3.19. The van der Waals surface area contributed by atoms with Crippen LogP contribution in [0.5, 0.6) is 0 Å². The third-order valence-electron chi connectivity index (χ3n) is 4.49. The van der Waals surface area contributed by atoms with Gasteiger partial charge >= 0.3 is 0 Å². The van der Waals surface area contributed by atoms with E-state index in [-0.39, 0.29) is 18.1 Å². The van der Waals surface area contributed by atoms with E-state index < -0.39 is 6.10 Å². The SMILES string of the molecule is O=C(CC(O)c1ccccc1)Nc1cc(F)ccc1N1CCCCC1. The first kappa shape index (κ1) is 17.4. The molecule has 1 saturated heterocycles. The van der Waals surface area contributed by atoms with Gasteiger partial charge in [-0.1, -0.05) is 30.3 Å². The third kappa shape index (κ3) is 4.57. The second-order valence-corrected chi connectivity index (χ2v) is 6.39. The average molecular weight is 342 g/mol. The molecule has 2 aromatic carbocycles. The van der Waals surface area contributed by atoms with Gasteiger partial charge < -0.3 is 15.3 Å². The highest BCUT2D eigenvalue weighted by Gasteiger charge is 2.18. The Hall–Kier alpha value is -2.40. The molecule has 2 aromatic rings. The van der Waals surface area contributed by atoms with E-state index in [1.807, 2.05) is 18.2 Å². The molecule has 0 saturated carbocycles. The zero-order valence-electron chi connectivity index (χ0n) is 14.1. The molecule has 5 heteroatoms. The molecule has 1 unspecified atom stereocenters. The second-order valence-electron chi connectivity index (χ2n) is 6.39. The predicted octanol–water partition coefficient (Wildman–Crippen LogP) is 3.88. The van der Waals surface area contributed by atoms with Crippen LogP contribution in [0.2, 0.25) is 0 Å². The molecular weight excluding hydrogens is 319 g/mol. The summed E-state index contributed by atoms with van der Waals surface area (Å²) in [4.78, 5) is 14.5. The van der Waals surface area contributed by atoms with Crippen molar-refractivity contribution in [2.75, 3.05) is 23.3 Å². The van der Waals surface area contributed by atoms with Crippen LogP contribution in [0.25, 0.3) is 0 Å². The summed E-state index contributed by atoms with van der Waals surface area (Å²) in [5.74, 6) is -0.722. The number of anilines is 2. The van der Waals surface area contributed by atoms with Gasteiger partial charge in [0.25, 0.3) is 0 Å². The number of amides is 1. The second kappa shape index (κ2) is 8.12. The van der Waals surface area contributed by atoms with Crippen molar-refractivity contribution in [2.24, 2.45) is 0 Å². The summed E-state index contributed by atoms with van der Waals surface area (Å²) in [6, 6.07) is 13.5. The Kier molecular flexibility index (Phi) is 5.66. The van der Waals surface area contributed by atoms with Crippen LogP contribution in [0.4, 0.5) is 15.8 Å². The van der Waals surface area contributed by atoms with Crippen molar-refractivity contribution in [1.29, 1.82) is 0 Å². The molecule has 0 spiro atoms. The van der Waals surface area contributed by atoms with Crippen molar-refractivity contribution in [3.63, 3.8) is 0 Å². The first-order valence-electron chi connectivity index (χ1n) is 8.71. The van der Waals surface area contributed by atoms with Gasteiger partial charge in [0.1, 0.15) is 5.82 Å². The number of hydrogen-bond donors (Lipinski definition) is 2. The lowest BCUT2D eigenvalue weighted by molar-refractivity contribution is -0.118. The highest BCUT2D eigenvalue weighted by atomic mass is 19.1. The van der Waals surface area contributed by atoms with Crippen molar-refractivity contribution in [3.8, 4) is 0 Å². The Morgan fingerprint density at radius 3 is 2.56 bits per heavy atom. The number of nitrogens with zero attached hydrogens (tertiary/aromatic N) is 1. The van der Waals surface area contributed by atoms with Crippen molar-refractivity contribution < 1.29 is 14.3 Å². The summed E-state index contributed by atoms with van der Waals surface area (Å²) in [5.41, 5.74) is 1.99. The number of nitrogens with one attached hydrogen (secondary N) is 1. The molecule has 1 amide bonds. The van der Waals surface area contributed by atoms with Gasteiger partial charge in [-0.25, -0.2) is 4.39 Å². The minimum atomic E-state index is -0.881. The molecule has 1 fully saturated rings. The molecule has 2 N–H and O–H groups in total. The van der Waals surface area contributed by atoms with Crippen LogP contribution in [-0.4, -0.2) is 24.1 Å². The van der Waals surface area contributed by atoms with Crippen LogP contribution >= 0.6 is 0 Å². The first-order valence-corrected chi connectivity index (χ1v) is 8.71. The number of hydrogen-bond acceptors (Lipinski definition) is 3. The Morgan fingerprint density at radius 1 is 1.12 bits per heavy atom. The summed E-state index contributed by atoms with van der Waals surface area (Å²) in [7, 11) is 0. The van der Waals surface area contributed by atoms with Crippen LogP contribution in [0.15, 0.2) is 48.5 Å². The maximum Gasteiger partial charge on any atom is 0.227 e. The fraction of sp³-hybridized carbons (Fsp3) is 0.350. The molecule has 0 radical (unpaired) electrons. The van der Waals surface area contributed by atoms with Crippen LogP contribution in [0, 0.1) is 5.82 Å². The quantitative estimate of drug-likeness (QED) is 0.867. The third-order valence-corrected chi connectivity index (χ3v) is 4.49. The summed E-state index contributed by atoms with van der Waals surface area (Å²) < 4.78 is 13.7. The number of benzene rings is 2. The van der Waals surface area contributed by atoms with E-state index in [9.17, 15) is 14.3 Å². The van der Waals surface area contributed by atoms with Gasteiger partial charge in [-0.05, 0) is 43.0 Å². The van der Waals surface area contributed by atoms with Crippen LogP contribution < -0.4 is 10.2 Å². The van der Waals surface area contributed by atoms with Crippen molar-refractivity contribution in [1.82, 2.24) is 0 Å². The topological polar surface area (TPSA) is 52.6 Å². The van der Waals surface area contributed by atoms with Crippen LogP contribution in [-0.2, 0) is 4.79 Å². The van der Waals surface area contributed by atoms with Gasteiger partial charge in [0.15, 0.2) is 0 Å². The molecule has 1 heterocycles. The highest BCUT2D eigenvalue weighted by molar-refractivity contribution is 5.94. The standard InChI is InChI=1S/C20H23FN2O2/c21-16-9-10-18(23-11-5-2-6-12-23)17(13-16)22-20(25)14-19(24)15-7-3-1-4-8-15/h1,3-4,7-10,13,19,24H,2,5-6,11-12,14H2,(H,22,25). The number of aliphatic hydroxyl groups is 1. The van der Waals surface area contributed by atoms with E-state index in [0.29, 0.717) is 11.3 Å². The van der Waals surface area contributed by atoms with Gasteiger partial charge in [-0.2, -0.15) is 0 Å². The molecule has 0 aliphatic carbocycles. The van der Waals surface area contributed by atoms with Gasteiger partial charge in [0.05, 0.1) is 23.9 Å². The molecule has 25 heavy (non-hydrogen) atoms. The van der Waals surface area contributed by atoms with Crippen molar-refractivity contribution in [3.05, 3.63) is 59.9 Å². The smallest absolute Gasteiger partial charge is 0.227 e. The molecule has 0 aromatic heterocycles. The molecule has 3 rings (SSSR count). The normalized spacial score (nSPS) is 15.7. The lowest BCUT2D eigenvalue weighted by atomic mass is 10.1. The molecule has 4 nitrogen and oxygen atoms in total. The number of carbonyl (C=O) groups is 1. The predicted molar refractivity (Wildman–Crippen MR) is 97.1 cm³/mol. The monoisotopic (exact) mass is 342 g/mol. The minimum Gasteiger partial charge on any atom is -0.388 e. The van der Waals surface area contributed by atoms with Gasteiger partial charge in [-0.3, -0.25) is 4.79 Å². The number of aliphatic hydroxyl groups excluding tert-OH is 1. The molecular formula is C20H23FN2O2. The zero-order valence-corrected chi connectivity index (χ0v) is 14.1. The van der Waals surface area contributed by atoms with Crippen molar-refractivity contribution >= 4 is 17.3 Å². The maximum absolute atomic E-state index is 13.7. The fourth-order valence-electron chi connectivity index (χ4n) is 3.19. The summed E-state index contributed by atoms with van der Waals surface area (Å²) >= 11 is 0. The number of carbonyl (C=O) groups excluding carboxylic acids is 1. The molecule has 0 bridgehead atoms. The summed E-state index contributed by atoms with van der Waals surface area (Å²) in [5, 5.41) is 13.0. The van der Waals surface area contributed by atoms with E-state index in [2.05, 4.69) is 10.2 Å². The Labute approximate surface area is 147 Å². The molecule has 1 atom stereocenters. The highest BCUT2D eigenvalue weighted by Crippen LogP contribution is 2.30. The van der Waals surface area contributed by atoms with E-state index in [1.54, 1.807) is 18.2 Å². The van der Waals surface area contributed by atoms with Gasteiger partial charge in [0, 0.05) is 13.1 Å². The average Bonchev–Trinajstić information content (AvgIpc) is 2.63. The van der Waals surface area contributed by atoms with Crippen LogP contribution in [0.3, 0.4) is 0 Å². The number of piperidine rings is 1. The maximum atomic E-state index is 13.7. The molecule has 1 aliphatic rings. The Bertz CT molecular complexity index is 715. The van der Waals surface area contributed by atoms with E-state index in [0.717, 1.165) is 31.6 Å². The van der Waals surface area contributed by atoms with Crippen LogP contribution in [0.1, 0.15) is 37.4 Å². The van der Waals surface area contributed by atoms with Crippen molar-refractivity contribution in [2.45, 2.75) is 31.8 Å². The summed E-state index contributed by atoms with van der Waals surface area (Å²) in [6.45, 7) is 1.81. The van der Waals surface area contributed by atoms with E-state index in [1.165, 1.54) is 18.6 Å². The lowest BCUT2D eigenvalue weighted by Gasteiger charge is -2.30. The zero-order chi connectivity index (χ0) is 17.6. The van der Waals surface area contributed by atoms with Gasteiger partial charge in [-0.15, -0.1) is 0 Å². The largest absolute Gasteiger partial charge is 0.388 e. The van der Waals surface area contributed by atoms with E-state index >= 15 is 0 Å². The lowest BCUT2D eigenvalue weighted by Crippen LogP contribution is -2.30. The number of halogens is 1. The van der Waals surface area contributed by atoms with E-state index in [4.69, 9.17) is 0 Å². The molecule has 132 valence electrons. The van der Waals surface area contributed by atoms with Gasteiger partial charge in [0.2, 0.25) is 5.91 Å². The molecule has 1 aliphatic heterocycles. The number of rotatable bonds is 5.